The van der Waals surface area contributed by atoms with Gasteiger partial charge in [-0.2, -0.15) is 5.10 Å². The van der Waals surface area contributed by atoms with Gasteiger partial charge in [0.15, 0.2) is 0 Å². The summed E-state index contributed by atoms with van der Waals surface area (Å²) in [4.78, 5) is 10.2. The lowest BCUT2D eigenvalue weighted by molar-refractivity contribution is -0.384. The quantitative estimate of drug-likeness (QED) is 0.501. The van der Waals surface area contributed by atoms with E-state index in [9.17, 15) is 10.1 Å². The zero-order chi connectivity index (χ0) is 15.1. The number of nitro groups is 1. The standard InChI is InChI=1S/C15H15N3O3/c1-2-21-15-9-4-3-6-12(15)11-16-17-13-7-5-8-14(10-13)18(19)20/h3-11,17H,2H2,1H3. The molecular formula is C15H15N3O3. The molecule has 0 aliphatic rings. The summed E-state index contributed by atoms with van der Waals surface area (Å²) < 4.78 is 5.48. The molecule has 0 aromatic heterocycles. The van der Waals surface area contributed by atoms with Gasteiger partial charge in [-0.05, 0) is 25.1 Å². The van der Waals surface area contributed by atoms with Crippen LogP contribution in [0.15, 0.2) is 53.6 Å². The van der Waals surface area contributed by atoms with Crippen LogP contribution in [0.1, 0.15) is 12.5 Å². The van der Waals surface area contributed by atoms with E-state index in [2.05, 4.69) is 10.5 Å². The Bertz CT molecular complexity index is 656. The first kappa shape index (κ1) is 14.5. The summed E-state index contributed by atoms with van der Waals surface area (Å²) in [6, 6.07) is 13.7. The van der Waals surface area contributed by atoms with Crippen molar-refractivity contribution in [1.82, 2.24) is 0 Å². The van der Waals surface area contributed by atoms with Gasteiger partial charge in [-0.15, -0.1) is 0 Å². The molecule has 0 aliphatic heterocycles. The minimum Gasteiger partial charge on any atom is -0.493 e. The molecule has 0 heterocycles. The van der Waals surface area contributed by atoms with Crippen LogP contribution in [0.5, 0.6) is 5.75 Å². The van der Waals surface area contributed by atoms with Crippen LogP contribution in [0, 0.1) is 10.1 Å². The van der Waals surface area contributed by atoms with E-state index in [-0.39, 0.29) is 5.69 Å². The number of rotatable bonds is 6. The zero-order valence-electron chi connectivity index (χ0n) is 11.5. The van der Waals surface area contributed by atoms with Crippen LogP contribution in [0.25, 0.3) is 0 Å². The Morgan fingerprint density at radius 1 is 1.29 bits per heavy atom. The molecule has 0 atom stereocenters. The molecule has 21 heavy (non-hydrogen) atoms. The number of hydrogen-bond acceptors (Lipinski definition) is 5. The molecule has 0 saturated carbocycles. The largest absolute Gasteiger partial charge is 0.493 e. The highest BCUT2D eigenvalue weighted by Crippen LogP contribution is 2.18. The number of hydrazone groups is 1. The third kappa shape index (κ3) is 4.04. The van der Waals surface area contributed by atoms with Gasteiger partial charge in [0.05, 0.1) is 23.4 Å². The van der Waals surface area contributed by atoms with Gasteiger partial charge in [0.2, 0.25) is 0 Å². The van der Waals surface area contributed by atoms with E-state index in [0.717, 1.165) is 11.3 Å². The summed E-state index contributed by atoms with van der Waals surface area (Å²) in [5.74, 6) is 0.740. The van der Waals surface area contributed by atoms with Crippen LogP contribution < -0.4 is 10.2 Å². The number of hydrogen-bond donors (Lipinski definition) is 1. The fraction of sp³-hybridized carbons (Fsp3) is 0.133. The number of non-ortho nitro benzene ring substituents is 1. The summed E-state index contributed by atoms with van der Waals surface area (Å²) in [6.07, 6.45) is 1.61. The molecule has 0 saturated heterocycles. The zero-order valence-corrected chi connectivity index (χ0v) is 11.5. The SMILES string of the molecule is CCOc1ccccc1C=NNc1cccc([N+](=O)[O-])c1. The van der Waals surface area contributed by atoms with Crippen molar-refractivity contribution in [1.29, 1.82) is 0 Å². The van der Waals surface area contributed by atoms with Gasteiger partial charge in [-0.1, -0.05) is 18.2 Å². The van der Waals surface area contributed by atoms with Gasteiger partial charge in [0.25, 0.3) is 5.69 Å². The summed E-state index contributed by atoms with van der Waals surface area (Å²) in [5, 5.41) is 14.8. The average molecular weight is 285 g/mol. The monoisotopic (exact) mass is 285 g/mol. The first-order valence-electron chi connectivity index (χ1n) is 6.46. The third-order valence-corrected chi connectivity index (χ3v) is 2.67. The molecule has 0 bridgehead atoms. The van der Waals surface area contributed by atoms with Crippen LogP contribution in [-0.2, 0) is 0 Å². The highest BCUT2D eigenvalue weighted by atomic mass is 16.6. The Balaban J connectivity index is 2.09. The molecule has 0 aliphatic carbocycles. The second-order valence-electron chi connectivity index (χ2n) is 4.15. The van der Waals surface area contributed by atoms with E-state index in [1.54, 1.807) is 18.3 Å². The molecule has 1 N–H and O–H groups in total. The minimum absolute atomic E-state index is 0.0184. The summed E-state index contributed by atoms with van der Waals surface area (Å²) in [5.41, 5.74) is 4.17. The Morgan fingerprint density at radius 2 is 2.10 bits per heavy atom. The fourth-order valence-electron chi connectivity index (χ4n) is 1.74. The molecule has 2 aromatic carbocycles. The van der Waals surface area contributed by atoms with E-state index >= 15 is 0 Å². The number of benzene rings is 2. The van der Waals surface area contributed by atoms with Crippen LogP contribution in [0.4, 0.5) is 11.4 Å². The average Bonchev–Trinajstić information content (AvgIpc) is 2.49. The Kier molecular flexibility index (Phi) is 4.87. The van der Waals surface area contributed by atoms with Gasteiger partial charge in [-0.25, -0.2) is 0 Å². The number of para-hydroxylation sites is 1. The normalized spacial score (nSPS) is 10.5. The van der Waals surface area contributed by atoms with Crippen molar-refractivity contribution in [3.63, 3.8) is 0 Å². The third-order valence-electron chi connectivity index (χ3n) is 2.67. The highest BCUT2D eigenvalue weighted by molar-refractivity contribution is 5.84. The lowest BCUT2D eigenvalue weighted by Gasteiger charge is -2.06. The molecular weight excluding hydrogens is 270 g/mol. The van der Waals surface area contributed by atoms with Crippen LogP contribution in [-0.4, -0.2) is 17.7 Å². The van der Waals surface area contributed by atoms with Crippen LogP contribution in [0.2, 0.25) is 0 Å². The molecule has 6 nitrogen and oxygen atoms in total. The second-order valence-corrected chi connectivity index (χ2v) is 4.15. The molecule has 0 amide bonds. The van der Waals surface area contributed by atoms with E-state index in [0.29, 0.717) is 12.3 Å². The number of nitrogens with zero attached hydrogens (tertiary/aromatic N) is 2. The summed E-state index contributed by atoms with van der Waals surface area (Å²) >= 11 is 0. The maximum Gasteiger partial charge on any atom is 0.271 e. The summed E-state index contributed by atoms with van der Waals surface area (Å²) in [6.45, 7) is 2.48. The lowest BCUT2D eigenvalue weighted by atomic mass is 10.2. The van der Waals surface area contributed by atoms with Crippen molar-refractivity contribution in [2.24, 2.45) is 5.10 Å². The van der Waals surface area contributed by atoms with Crippen molar-refractivity contribution >= 4 is 17.6 Å². The van der Waals surface area contributed by atoms with Crippen LogP contribution >= 0.6 is 0 Å². The van der Waals surface area contributed by atoms with Gasteiger partial charge in [0.1, 0.15) is 5.75 Å². The Labute approximate surface area is 122 Å². The number of nitrogens with one attached hydrogen (secondary N) is 1. The van der Waals surface area contributed by atoms with E-state index < -0.39 is 4.92 Å². The molecule has 2 rings (SSSR count). The van der Waals surface area contributed by atoms with Gasteiger partial charge in [-0.3, -0.25) is 15.5 Å². The fourth-order valence-corrected chi connectivity index (χ4v) is 1.74. The molecule has 0 unspecified atom stereocenters. The molecule has 0 radical (unpaired) electrons. The molecule has 0 fully saturated rings. The summed E-state index contributed by atoms with van der Waals surface area (Å²) in [7, 11) is 0. The number of anilines is 1. The van der Waals surface area contributed by atoms with Crippen molar-refractivity contribution < 1.29 is 9.66 Å². The number of nitro benzene ring substituents is 1. The Morgan fingerprint density at radius 3 is 2.86 bits per heavy atom. The van der Waals surface area contributed by atoms with E-state index in [1.165, 1.54) is 12.1 Å². The molecule has 2 aromatic rings. The van der Waals surface area contributed by atoms with Gasteiger partial charge >= 0.3 is 0 Å². The predicted octanol–water partition coefficient (Wildman–Crippen LogP) is 3.44. The van der Waals surface area contributed by atoms with E-state index in [4.69, 9.17) is 4.74 Å². The maximum absolute atomic E-state index is 10.7. The highest BCUT2D eigenvalue weighted by Gasteiger charge is 2.04. The van der Waals surface area contributed by atoms with Gasteiger partial charge < -0.3 is 4.74 Å². The molecule has 108 valence electrons. The smallest absolute Gasteiger partial charge is 0.271 e. The van der Waals surface area contributed by atoms with Crippen LogP contribution in [0.3, 0.4) is 0 Å². The molecule has 0 spiro atoms. The second kappa shape index (κ2) is 7.04. The topological polar surface area (TPSA) is 76.8 Å². The van der Waals surface area contributed by atoms with Crippen molar-refractivity contribution in [2.75, 3.05) is 12.0 Å². The predicted molar refractivity (Wildman–Crippen MR) is 81.9 cm³/mol. The first-order valence-corrected chi connectivity index (χ1v) is 6.46. The van der Waals surface area contributed by atoms with Gasteiger partial charge in [0, 0.05) is 17.7 Å². The minimum atomic E-state index is -0.445. The first-order chi connectivity index (χ1) is 10.2. The van der Waals surface area contributed by atoms with Crippen molar-refractivity contribution in [3.8, 4) is 5.75 Å². The van der Waals surface area contributed by atoms with E-state index in [1.807, 2.05) is 31.2 Å². The maximum atomic E-state index is 10.7. The van der Waals surface area contributed by atoms with Crippen molar-refractivity contribution in [2.45, 2.75) is 6.92 Å². The lowest BCUT2D eigenvalue weighted by Crippen LogP contribution is -1.97. The van der Waals surface area contributed by atoms with Crippen molar-refractivity contribution in [3.05, 3.63) is 64.2 Å². The number of ether oxygens (including phenoxy) is 1. The molecule has 6 heteroatoms. The Hall–Kier alpha value is -2.89.